The smallest absolute Gasteiger partial charge is 0.343 e. The molecule has 10 rings (SSSR count). The Morgan fingerprint density at radius 3 is 1.63 bits per heavy atom. The summed E-state index contributed by atoms with van der Waals surface area (Å²) in [6.07, 6.45) is 0.487. The Morgan fingerprint density at radius 1 is 0.631 bits per heavy atom. The molecule has 16 nitrogen and oxygen atoms in total. The number of benzene rings is 4. The van der Waals surface area contributed by atoms with E-state index in [4.69, 9.17) is 47.4 Å². The summed E-state index contributed by atoms with van der Waals surface area (Å²) in [4.78, 5) is 30.1. The second kappa shape index (κ2) is 19.7. The van der Waals surface area contributed by atoms with E-state index >= 15 is 0 Å². The van der Waals surface area contributed by atoms with Gasteiger partial charge in [0.2, 0.25) is 13.6 Å². The van der Waals surface area contributed by atoms with E-state index in [2.05, 4.69) is 9.80 Å². The summed E-state index contributed by atoms with van der Waals surface area (Å²) in [7, 11) is 10.1. The van der Waals surface area contributed by atoms with Crippen molar-refractivity contribution in [2.75, 3.05) is 69.2 Å². The molecule has 350 valence electrons. The molecule has 0 unspecified atom stereocenters. The zero-order valence-corrected chi connectivity index (χ0v) is 39.0. The number of methoxy groups -OCH3 is 4. The van der Waals surface area contributed by atoms with Crippen molar-refractivity contribution >= 4 is 11.9 Å². The van der Waals surface area contributed by atoms with Crippen LogP contribution in [0.4, 0.5) is 0 Å². The molecule has 2 N–H and O–H groups in total. The van der Waals surface area contributed by atoms with E-state index < -0.39 is 24.1 Å². The summed E-state index contributed by atoms with van der Waals surface area (Å²) in [5, 5.41) is 20.5. The standard InChI is InChI=1S/C23H25NO7.C22H23NO7.2C2H6/c1-11-12-7-8-24(2)18(16(12)14(9-25)21-19(11)29-10-30-21)20-13-5-6-15(27-3)22(28-4)17(13)23(26)31-20;1-23-7-6-11-8-15-19(29-10-28-15)13(9-24)16(11)18(23)20-12-4-5-14(26-2)21(27-3)17(12)22(25)30-20;2*1-2/h5-6,18,20,25H,7-10H2,1-4H3;4-5,8,18,20,24H,6-7,9-10H2,1-3H3;2*1-2H3/t2*18-,20+;;/m11../s1. The highest BCUT2D eigenvalue weighted by molar-refractivity contribution is 5.99. The molecule has 4 aromatic carbocycles. The predicted molar refractivity (Wildman–Crippen MR) is 238 cm³/mol. The monoisotopic (exact) mass is 900 g/mol. The van der Waals surface area contributed by atoms with E-state index in [1.165, 1.54) is 28.4 Å². The number of aliphatic hydroxyl groups excluding tert-OH is 2. The summed E-state index contributed by atoms with van der Waals surface area (Å²) in [5.41, 5.74) is 8.68. The molecule has 0 saturated heterocycles. The quantitative estimate of drug-likeness (QED) is 0.172. The van der Waals surface area contributed by atoms with E-state index in [0.29, 0.717) is 68.2 Å². The predicted octanol–water partition coefficient (Wildman–Crippen LogP) is 7.09. The van der Waals surface area contributed by atoms with Gasteiger partial charge in [-0.3, -0.25) is 9.80 Å². The van der Waals surface area contributed by atoms with Crippen molar-refractivity contribution < 1.29 is 67.2 Å². The van der Waals surface area contributed by atoms with Gasteiger partial charge in [-0.25, -0.2) is 9.59 Å². The van der Waals surface area contributed by atoms with Gasteiger partial charge in [-0.2, -0.15) is 0 Å². The van der Waals surface area contributed by atoms with Crippen LogP contribution in [0.15, 0.2) is 30.3 Å². The zero-order valence-electron chi connectivity index (χ0n) is 39.0. The number of hydrogen-bond donors (Lipinski definition) is 2. The fourth-order valence-electron chi connectivity index (χ4n) is 9.97. The second-order valence-corrected chi connectivity index (χ2v) is 15.6. The van der Waals surface area contributed by atoms with E-state index in [-0.39, 0.29) is 38.9 Å². The van der Waals surface area contributed by atoms with Crippen molar-refractivity contribution in [3.05, 3.63) is 91.5 Å². The van der Waals surface area contributed by atoms with Crippen LogP contribution in [-0.2, 0) is 35.5 Å². The first-order valence-corrected chi connectivity index (χ1v) is 22.0. The van der Waals surface area contributed by atoms with E-state index in [0.717, 1.165) is 64.9 Å². The van der Waals surface area contributed by atoms with Crippen molar-refractivity contribution in [3.8, 4) is 46.0 Å². The van der Waals surface area contributed by atoms with Gasteiger partial charge in [-0.15, -0.1) is 0 Å². The molecule has 0 bridgehead atoms. The Labute approximate surface area is 379 Å². The number of nitrogens with zero attached hydrogens (tertiary/aromatic N) is 2. The maximum Gasteiger partial charge on any atom is 0.343 e. The number of carbonyl (C=O) groups excluding carboxylic acids is 2. The van der Waals surface area contributed by atoms with Crippen LogP contribution in [0.3, 0.4) is 0 Å². The van der Waals surface area contributed by atoms with Crippen LogP contribution in [0.5, 0.6) is 46.0 Å². The van der Waals surface area contributed by atoms with Gasteiger partial charge in [0, 0.05) is 35.3 Å². The Hall–Kier alpha value is -5.94. The third kappa shape index (κ3) is 7.69. The van der Waals surface area contributed by atoms with Gasteiger partial charge in [0.15, 0.2) is 46.0 Å². The second-order valence-electron chi connectivity index (χ2n) is 15.6. The van der Waals surface area contributed by atoms with Gasteiger partial charge in [-0.05, 0) is 79.9 Å². The molecule has 0 aromatic heterocycles. The lowest BCUT2D eigenvalue weighted by Crippen LogP contribution is -2.37. The maximum atomic E-state index is 12.9. The lowest BCUT2D eigenvalue weighted by molar-refractivity contribution is 0.00814. The van der Waals surface area contributed by atoms with Crippen LogP contribution in [0.2, 0.25) is 0 Å². The average Bonchev–Trinajstić information content (AvgIpc) is 4.16. The molecule has 65 heavy (non-hydrogen) atoms. The number of likely N-dealkylation sites (N-methyl/N-ethyl adjacent to an activating group) is 2. The van der Waals surface area contributed by atoms with Crippen LogP contribution >= 0.6 is 0 Å². The largest absolute Gasteiger partial charge is 0.493 e. The Balaban J connectivity index is 0.000000180. The molecule has 6 heterocycles. The SMILES string of the molecule is CC.CC.COc1ccc2c(c1OC)C(=O)O[C@@H]2[C@H]1c2c(c(C)c3c(c2CO)OCO3)CCN1C.COc1ccc2c(c1OC)C(=O)O[C@@H]2[C@H]1c2c(cc3c(c2CO)OCO3)CCN1C. The Kier molecular flexibility index (Phi) is 14.2. The van der Waals surface area contributed by atoms with Gasteiger partial charge in [0.05, 0.1) is 53.7 Å². The van der Waals surface area contributed by atoms with Crippen molar-refractivity contribution in [2.45, 2.75) is 85.0 Å². The fraction of sp³-hybridized carbons (Fsp3) is 0.469. The summed E-state index contributed by atoms with van der Waals surface area (Å²) in [5.74, 6) is 3.29. The average molecular weight is 901 g/mol. The van der Waals surface area contributed by atoms with Crippen LogP contribution in [0.25, 0.3) is 0 Å². The van der Waals surface area contributed by atoms with Crippen molar-refractivity contribution in [3.63, 3.8) is 0 Å². The molecule has 4 aromatic rings. The van der Waals surface area contributed by atoms with Crippen LogP contribution in [0, 0.1) is 6.92 Å². The number of carbonyl (C=O) groups is 2. The molecule has 6 aliphatic heterocycles. The third-order valence-corrected chi connectivity index (χ3v) is 12.7. The molecular formula is C49H60N2O14. The lowest BCUT2D eigenvalue weighted by Gasteiger charge is -2.39. The first kappa shape index (κ1) is 47.0. The number of ether oxygens (including phenoxy) is 10. The Morgan fingerprint density at radius 2 is 1.11 bits per heavy atom. The van der Waals surface area contributed by atoms with E-state index in [1.807, 2.05) is 66.9 Å². The van der Waals surface area contributed by atoms with Crippen molar-refractivity contribution in [1.82, 2.24) is 9.80 Å². The molecule has 16 heteroatoms. The first-order valence-electron chi connectivity index (χ1n) is 22.0. The van der Waals surface area contributed by atoms with E-state index in [9.17, 15) is 19.8 Å². The van der Waals surface area contributed by atoms with Gasteiger partial charge in [0.1, 0.15) is 23.3 Å². The molecule has 6 aliphatic rings. The minimum atomic E-state index is -0.559. The normalized spacial score (nSPS) is 20.5. The molecule has 0 saturated carbocycles. The molecule has 0 aliphatic carbocycles. The molecule has 0 fully saturated rings. The molecule has 4 atom stereocenters. The topological polar surface area (TPSA) is 173 Å². The summed E-state index contributed by atoms with van der Waals surface area (Å²) >= 11 is 0. The highest BCUT2D eigenvalue weighted by Gasteiger charge is 2.48. The van der Waals surface area contributed by atoms with E-state index in [1.54, 1.807) is 12.1 Å². The maximum absolute atomic E-state index is 12.9. The lowest BCUT2D eigenvalue weighted by atomic mass is 9.81. The minimum Gasteiger partial charge on any atom is -0.493 e. The van der Waals surface area contributed by atoms with Crippen molar-refractivity contribution in [1.29, 1.82) is 0 Å². The van der Waals surface area contributed by atoms with Crippen LogP contribution in [-0.4, -0.2) is 101 Å². The first-order chi connectivity index (χ1) is 31.6. The number of rotatable bonds is 8. The highest BCUT2D eigenvalue weighted by atomic mass is 16.7. The number of fused-ring (bicyclic) bond motifs is 6. The number of hydrogen-bond acceptors (Lipinski definition) is 16. The molecule has 0 amide bonds. The molecule has 0 radical (unpaired) electrons. The third-order valence-electron chi connectivity index (χ3n) is 12.7. The number of esters is 2. The molecule has 0 spiro atoms. The zero-order chi connectivity index (χ0) is 46.9. The summed E-state index contributed by atoms with van der Waals surface area (Å²) < 4.78 is 56.1. The highest BCUT2D eigenvalue weighted by Crippen LogP contribution is 2.55. The van der Waals surface area contributed by atoms with Crippen molar-refractivity contribution in [2.24, 2.45) is 0 Å². The number of cyclic esters (lactones) is 2. The van der Waals surface area contributed by atoms with Crippen LogP contribution < -0.4 is 37.9 Å². The fourth-order valence-corrected chi connectivity index (χ4v) is 9.97. The Bertz CT molecular complexity index is 2450. The van der Waals surface area contributed by atoms with Gasteiger partial charge in [0.25, 0.3) is 0 Å². The summed E-state index contributed by atoms with van der Waals surface area (Å²) in [6.45, 7) is 11.4. The summed E-state index contributed by atoms with van der Waals surface area (Å²) in [6, 6.07) is 8.67. The van der Waals surface area contributed by atoms with Gasteiger partial charge in [-0.1, -0.05) is 39.8 Å². The number of aliphatic hydroxyl groups is 2. The minimum absolute atomic E-state index is 0.129. The van der Waals surface area contributed by atoms with Crippen LogP contribution in [0.1, 0.15) is 123 Å². The van der Waals surface area contributed by atoms with Gasteiger partial charge < -0.3 is 57.6 Å². The van der Waals surface area contributed by atoms with Gasteiger partial charge >= 0.3 is 11.9 Å². The molecular weight excluding hydrogens is 841 g/mol.